The van der Waals surface area contributed by atoms with Crippen LogP contribution < -0.4 is 15.5 Å². The molecule has 1 saturated heterocycles. The molecule has 0 spiro atoms. The second-order valence-corrected chi connectivity index (χ2v) is 9.06. The van der Waals surface area contributed by atoms with Crippen LogP contribution in [0.15, 0.2) is 61.3 Å². The first-order valence-corrected chi connectivity index (χ1v) is 11.8. The fourth-order valence-corrected chi connectivity index (χ4v) is 4.15. The summed E-state index contributed by atoms with van der Waals surface area (Å²) < 4.78 is 31.0. The van der Waals surface area contributed by atoms with E-state index in [2.05, 4.69) is 50.1 Å². The molecule has 0 radical (unpaired) electrons. The number of piperazine rings is 1. The summed E-state index contributed by atoms with van der Waals surface area (Å²) in [6.07, 6.45) is 2.21. The minimum absolute atomic E-state index is 0.000590. The van der Waals surface area contributed by atoms with E-state index in [0.29, 0.717) is 5.69 Å². The number of alkyl halides is 2. The smallest absolute Gasteiger partial charge is 0.316 e. The van der Waals surface area contributed by atoms with E-state index >= 15 is 8.78 Å². The van der Waals surface area contributed by atoms with Gasteiger partial charge in [-0.2, -0.15) is 8.78 Å². The van der Waals surface area contributed by atoms with Gasteiger partial charge in [-0.15, -0.1) is 0 Å². The number of aromatic nitrogens is 2. The van der Waals surface area contributed by atoms with Crippen molar-refractivity contribution in [3.8, 4) is 0 Å². The van der Waals surface area contributed by atoms with Crippen molar-refractivity contribution in [1.29, 1.82) is 0 Å². The summed E-state index contributed by atoms with van der Waals surface area (Å²) in [7, 11) is 2.11. The van der Waals surface area contributed by atoms with E-state index in [0.717, 1.165) is 49.7 Å². The van der Waals surface area contributed by atoms with E-state index in [9.17, 15) is 4.79 Å². The third-order valence-electron chi connectivity index (χ3n) is 6.04. The lowest BCUT2D eigenvalue weighted by molar-refractivity contribution is -0.111. The first-order chi connectivity index (χ1) is 17.2. The standard InChI is InChI=1S/C26H27ClF2N6O/c1-4-23(36)31-19-7-5-6-18(15-19)26(28,29)24-21(27)16-30-25(33-24)32-22-9-8-20(14-17(22)2)35-12-10-34(3)11-13-35/h4-9,14-16H,1,10-13H2,2-3H3,(H,31,36)(H,30,32,33). The molecule has 3 aromatic rings. The molecule has 7 nitrogen and oxygen atoms in total. The number of nitrogens with zero attached hydrogens (tertiary/aromatic N) is 4. The summed E-state index contributed by atoms with van der Waals surface area (Å²) in [5, 5.41) is 5.24. The molecule has 2 N–H and O–H groups in total. The van der Waals surface area contributed by atoms with Crippen molar-refractivity contribution < 1.29 is 13.6 Å². The van der Waals surface area contributed by atoms with Crippen molar-refractivity contribution in [3.63, 3.8) is 0 Å². The van der Waals surface area contributed by atoms with Crippen LogP contribution in [0.1, 0.15) is 16.8 Å². The molecule has 1 aliphatic heterocycles. The first kappa shape index (κ1) is 25.5. The zero-order valence-corrected chi connectivity index (χ0v) is 20.8. The number of hydrogen-bond donors (Lipinski definition) is 2. The topological polar surface area (TPSA) is 73.4 Å². The Morgan fingerprint density at radius 1 is 1.17 bits per heavy atom. The number of nitrogens with one attached hydrogen (secondary N) is 2. The molecule has 36 heavy (non-hydrogen) atoms. The number of rotatable bonds is 7. The van der Waals surface area contributed by atoms with Crippen molar-refractivity contribution in [1.82, 2.24) is 14.9 Å². The highest BCUT2D eigenvalue weighted by atomic mass is 35.5. The van der Waals surface area contributed by atoms with Crippen molar-refractivity contribution in [2.75, 3.05) is 48.8 Å². The number of anilines is 4. The molecule has 2 heterocycles. The van der Waals surface area contributed by atoms with E-state index in [1.54, 1.807) is 0 Å². The maximum absolute atomic E-state index is 15.5. The zero-order chi connectivity index (χ0) is 25.9. The SMILES string of the molecule is C=CC(=O)Nc1cccc(C(F)(F)c2nc(Nc3ccc(N4CCN(C)CC4)cc3C)ncc2Cl)c1. The summed E-state index contributed by atoms with van der Waals surface area (Å²) >= 11 is 6.10. The maximum atomic E-state index is 15.5. The minimum Gasteiger partial charge on any atom is -0.369 e. The molecule has 0 saturated carbocycles. The Hall–Kier alpha value is -3.56. The van der Waals surface area contributed by atoms with Gasteiger partial charge < -0.3 is 20.4 Å². The van der Waals surface area contributed by atoms with E-state index in [1.807, 2.05) is 19.1 Å². The van der Waals surface area contributed by atoms with Crippen molar-refractivity contribution in [2.45, 2.75) is 12.8 Å². The van der Waals surface area contributed by atoms with Gasteiger partial charge in [0.1, 0.15) is 5.69 Å². The predicted octanol–water partition coefficient (Wildman–Crippen LogP) is 5.20. The predicted molar refractivity (Wildman–Crippen MR) is 139 cm³/mol. The van der Waals surface area contributed by atoms with Crippen molar-refractivity contribution in [2.24, 2.45) is 0 Å². The zero-order valence-electron chi connectivity index (χ0n) is 20.1. The highest BCUT2D eigenvalue weighted by Crippen LogP contribution is 2.39. The van der Waals surface area contributed by atoms with Gasteiger partial charge in [-0.25, -0.2) is 9.97 Å². The molecular formula is C26H27ClF2N6O. The number of aryl methyl sites for hydroxylation is 1. The Morgan fingerprint density at radius 3 is 2.61 bits per heavy atom. The highest BCUT2D eigenvalue weighted by Gasteiger charge is 2.38. The third-order valence-corrected chi connectivity index (χ3v) is 6.32. The van der Waals surface area contributed by atoms with Crippen LogP contribution in [-0.4, -0.2) is 54.0 Å². The number of likely N-dealkylation sites (N-methyl/N-ethyl adjacent to an activating group) is 1. The van der Waals surface area contributed by atoms with Crippen molar-refractivity contribution >= 4 is 40.5 Å². The highest BCUT2D eigenvalue weighted by molar-refractivity contribution is 6.31. The Morgan fingerprint density at radius 2 is 1.92 bits per heavy atom. The van der Waals surface area contributed by atoms with E-state index in [4.69, 9.17) is 11.6 Å². The second kappa shape index (κ2) is 10.6. The Bertz CT molecular complexity index is 1280. The van der Waals surface area contributed by atoms with Crippen LogP contribution in [0.3, 0.4) is 0 Å². The Labute approximate surface area is 213 Å². The Balaban J connectivity index is 1.57. The molecule has 4 rings (SSSR count). The number of carbonyl (C=O) groups is 1. The average Bonchev–Trinajstić information content (AvgIpc) is 2.86. The van der Waals surface area contributed by atoms with Crippen LogP contribution in [0.2, 0.25) is 5.02 Å². The second-order valence-electron chi connectivity index (χ2n) is 8.65. The maximum Gasteiger partial charge on any atom is 0.316 e. The molecule has 1 fully saturated rings. The van der Waals surface area contributed by atoms with Gasteiger partial charge >= 0.3 is 5.92 Å². The lowest BCUT2D eigenvalue weighted by Gasteiger charge is -2.34. The van der Waals surface area contributed by atoms with Crippen LogP contribution in [0, 0.1) is 6.92 Å². The minimum atomic E-state index is -3.54. The van der Waals surface area contributed by atoms with Gasteiger partial charge in [-0.3, -0.25) is 4.79 Å². The molecule has 10 heteroatoms. The van der Waals surface area contributed by atoms with Gasteiger partial charge in [0.2, 0.25) is 11.9 Å². The van der Waals surface area contributed by atoms with Crippen molar-refractivity contribution in [3.05, 3.63) is 83.2 Å². The van der Waals surface area contributed by atoms with Gasteiger partial charge in [0, 0.05) is 48.8 Å². The Kier molecular flexibility index (Phi) is 7.51. The summed E-state index contributed by atoms with van der Waals surface area (Å²) in [4.78, 5) is 24.3. The summed E-state index contributed by atoms with van der Waals surface area (Å²) in [5.41, 5.74) is 1.95. The molecule has 0 aliphatic carbocycles. The summed E-state index contributed by atoms with van der Waals surface area (Å²) in [5.74, 6) is -4.04. The normalized spacial score (nSPS) is 14.4. The number of benzene rings is 2. The van der Waals surface area contributed by atoms with E-state index in [1.165, 1.54) is 24.3 Å². The van der Waals surface area contributed by atoms with Gasteiger partial charge in [-0.05, 0) is 55.9 Å². The fourth-order valence-electron chi connectivity index (χ4n) is 3.94. The van der Waals surface area contributed by atoms with Crippen LogP contribution in [-0.2, 0) is 10.7 Å². The summed E-state index contributed by atoms with van der Waals surface area (Å²) in [6.45, 7) is 9.19. The van der Waals surface area contributed by atoms with Gasteiger partial charge in [0.25, 0.3) is 0 Å². The number of carbonyl (C=O) groups excluding carboxylic acids is 1. The lowest BCUT2D eigenvalue weighted by Crippen LogP contribution is -2.44. The average molecular weight is 513 g/mol. The molecule has 0 bridgehead atoms. The quantitative estimate of drug-likeness (QED) is 0.424. The van der Waals surface area contributed by atoms with E-state index < -0.39 is 17.5 Å². The first-order valence-electron chi connectivity index (χ1n) is 11.4. The molecule has 1 amide bonds. The molecule has 188 valence electrons. The molecule has 0 atom stereocenters. The van der Waals surface area contributed by atoms with Crippen LogP contribution in [0.5, 0.6) is 0 Å². The molecule has 1 aliphatic rings. The van der Waals surface area contributed by atoms with Gasteiger partial charge in [0.15, 0.2) is 0 Å². The van der Waals surface area contributed by atoms with Crippen LogP contribution >= 0.6 is 11.6 Å². The monoisotopic (exact) mass is 512 g/mol. The van der Waals surface area contributed by atoms with Crippen LogP contribution in [0.25, 0.3) is 0 Å². The number of amides is 1. The molecule has 0 unspecified atom stereocenters. The largest absolute Gasteiger partial charge is 0.369 e. The number of halogens is 3. The summed E-state index contributed by atoms with van der Waals surface area (Å²) in [6, 6.07) is 11.3. The third kappa shape index (κ3) is 5.63. The fraction of sp³-hybridized carbons (Fsp3) is 0.269. The van der Waals surface area contributed by atoms with E-state index in [-0.39, 0.29) is 22.2 Å². The molecular weight excluding hydrogens is 486 g/mol. The number of hydrogen-bond acceptors (Lipinski definition) is 6. The molecule has 1 aromatic heterocycles. The van der Waals surface area contributed by atoms with Gasteiger partial charge in [-0.1, -0.05) is 30.3 Å². The van der Waals surface area contributed by atoms with Crippen LogP contribution in [0.4, 0.5) is 31.8 Å². The lowest BCUT2D eigenvalue weighted by atomic mass is 10.0. The molecule has 2 aromatic carbocycles. The van der Waals surface area contributed by atoms with Gasteiger partial charge in [0.05, 0.1) is 11.2 Å².